The van der Waals surface area contributed by atoms with E-state index in [9.17, 15) is 15.2 Å². The number of carbonyl (C=O) groups excluding carboxylic acids is 1. The van der Waals surface area contributed by atoms with Crippen LogP contribution in [-0.2, 0) is 0 Å². The Morgan fingerprint density at radius 3 is 2.04 bits per heavy atom. The Balaban J connectivity index is 1.69. The summed E-state index contributed by atoms with van der Waals surface area (Å²) in [7, 11) is 0. The summed E-state index contributed by atoms with van der Waals surface area (Å²) in [4.78, 5) is 14.5. The molecule has 2 aromatic carbocycles. The number of likely N-dealkylation sites (tertiary alicyclic amines) is 1. The summed E-state index contributed by atoms with van der Waals surface area (Å²) in [6, 6.07) is 17.8. The second kappa shape index (κ2) is 7.31. The highest BCUT2D eigenvalue weighted by atomic mass is 16.3. The molecular weight excluding hydrogens is 324 g/mol. The molecule has 0 unspecified atom stereocenters. The molecule has 0 aliphatic carbocycles. The molecule has 2 aromatic rings. The fourth-order valence-corrected chi connectivity index (χ4v) is 3.26. The van der Waals surface area contributed by atoms with Crippen molar-refractivity contribution in [2.45, 2.75) is 32.8 Å². The molecule has 4 heteroatoms. The Bertz CT molecular complexity index is 809. The van der Waals surface area contributed by atoms with Crippen molar-refractivity contribution in [2.75, 3.05) is 13.1 Å². The van der Waals surface area contributed by atoms with E-state index in [0.29, 0.717) is 18.7 Å². The molecule has 1 fully saturated rings. The van der Waals surface area contributed by atoms with Crippen molar-refractivity contribution in [3.63, 3.8) is 0 Å². The Labute approximate surface area is 154 Å². The lowest BCUT2D eigenvalue weighted by Crippen LogP contribution is -2.41. The minimum Gasteiger partial charge on any atom is -0.389 e. The van der Waals surface area contributed by atoms with Gasteiger partial charge in [0, 0.05) is 18.7 Å². The van der Waals surface area contributed by atoms with E-state index in [0.717, 1.165) is 29.5 Å². The van der Waals surface area contributed by atoms with Gasteiger partial charge in [-0.05, 0) is 55.5 Å². The highest BCUT2D eigenvalue weighted by Gasteiger charge is 2.32. The van der Waals surface area contributed by atoms with Crippen LogP contribution in [0.5, 0.6) is 0 Å². The molecule has 0 spiro atoms. The SMILES string of the molecule is C[C@H](O)c1ccc(-c2ccc(C(=O)N3CCC(C)(C#N)CC3)cc2)cc1. The van der Waals surface area contributed by atoms with Crippen molar-refractivity contribution >= 4 is 5.91 Å². The van der Waals surface area contributed by atoms with Gasteiger partial charge in [0.1, 0.15) is 0 Å². The third kappa shape index (κ3) is 3.79. The van der Waals surface area contributed by atoms with Crippen LogP contribution in [-0.4, -0.2) is 29.0 Å². The molecule has 0 radical (unpaired) electrons. The second-order valence-corrected chi connectivity index (χ2v) is 7.34. The third-order valence-electron chi connectivity index (χ3n) is 5.28. The van der Waals surface area contributed by atoms with Crippen molar-refractivity contribution in [2.24, 2.45) is 5.41 Å². The van der Waals surface area contributed by atoms with Gasteiger partial charge in [0.05, 0.1) is 17.6 Å². The van der Waals surface area contributed by atoms with E-state index < -0.39 is 6.10 Å². The molecular formula is C22H24N2O2. The summed E-state index contributed by atoms with van der Waals surface area (Å²) in [5.41, 5.74) is 3.34. The van der Waals surface area contributed by atoms with Gasteiger partial charge < -0.3 is 10.0 Å². The van der Waals surface area contributed by atoms with E-state index in [1.54, 1.807) is 6.92 Å². The summed E-state index contributed by atoms with van der Waals surface area (Å²) < 4.78 is 0. The molecule has 1 amide bonds. The number of amides is 1. The number of carbonyl (C=O) groups is 1. The molecule has 0 aromatic heterocycles. The summed E-state index contributed by atoms with van der Waals surface area (Å²) in [6.07, 6.45) is 0.975. The lowest BCUT2D eigenvalue weighted by atomic mass is 9.82. The molecule has 3 rings (SSSR count). The number of aliphatic hydroxyl groups excluding tert-OH is 1. The molecule has 26 heavy (non-hydrogen) atoms. The number of nitrogens with zero attached hydrogens (tertiary/aromatic N) is 2. The number of aliphatic hydroxyl groups is 1. The number of hydrogen-bond donors (Lipinski definition) is 1. The molecule has 1 saturated heterocycles. The molecule has 1 N–H and O–H groups in total. The van der Waals surface area contributed by atoms with E-state index >= 15 is 0 Å². The molecule has 134 valence electrons. The average Bonchev–Trinajstić information content (AvgIpc) is 2.68. The smallest absolute Gasteiger partial charge is 0.253 e. The molecule has 1 aliphatic rings. The molecule has 1 aliphatic heterocycles. The highest BCUT2D eigenvalue weighted by molar-refractivity contribution is 5.94. The van der Waals surface area contributed by atoms with Crippen LogP contribution < -0.4 is 0 Å². The van der Waals surface area contributed by atoms with Crippen molar-refractivity contribution in [1.82, 2.24) is 4.90 Å². The van der Waals surface area contributed by atoms with Crippen LogP contribution in [0.15, 0.2) is 48.5 Å². The van der Waals surface area contributed by atoms with Crippen molar-refractivity contribution in [3.8, 4) is 17.2 Å². The van der Waals surface area contributed by atoms with Crippen LogP contribution in [0.3, 0.4) is 0 Å². The van der Waals surface area contributed by atoms with Crippen LogP contribution in [0.25, 0.3) is 11.1 Å². The van der Waals surface area contributed by atoms with E-state index in [1.807, 2.05) is 60.4 Å². The van der Waals surface area contributed by atoms with Crippen molar-refractivity contribution < 1.29 is 9.90 Å². The number of rotatable bonds is 3. The largest absolute Gasteiger partial charge is 0.389 e. The second-order valence-electron chi connectivity index (χ2n) is 7.34. The van der Waals surface area contributed by atoms with Gasteiger partial charge in [0.2, 0.25) is 0 Å². The lowest BCUT2D eigenvalue weighted by Gasteiger charge is -2.35. The summed E-state index contributed by atoms with van der Waals surface area (Å²) >= 11 is 0. The highest BCUT2D eigenvalue weighted by Crippen LogP contribution is 2.30. The number of nitriles is 1. The zero-order valence-electron chi connectivity index (χ0n) is 15.3. The molecule has 0 saturated carbocycles. The maximum atomic E-state index is 12.7. The minimum absolute atomic E-state index is 0.0287. The van der Waals surface area contributed by atoms with E-state index in [4.69, 9.17) is 0 Å². The molecule has 4 nitrogen and oxygen atoms in total. The van der Waals surface area contributed by atoms with E-state index in [1.165, 1.54) is 0 Å². The first-order chi connectivity index (χ1) is 12.4. The van der Waals surface area contributed by atoms with Gasteiger partial charge in [-0.3, -0.25) is 4.79 Å². The van der Waals surface area contributed by atoms with E-state index in [2.05, 4.69) is 6.07 Å². The predicted molar refractivity (Wildman–Crippen MR) is 101 cm³/mol. The Kier molecular flexibility index (Phi) is 5.11. The predicted octanol–water partition coefficient (Wildman–Crippen LogP) is 4.17. The van der Waals surface area contributed by atoms with Gasteiger partial charge in [0.15, 0.2) is 0 Å². The van der Waals surface area contributed by atoms with Gasteiger partial charge in [0.25, 0.3) is 5.91 Å². The van der Waals surface area contributed by atoms with Crippen molar-refractivity contribution in [1.29, 1.82) is 5.26 Å². The van der Waals surface area contributed by atoms with Crippen molar-refractivity contribution in [3.05, 3.63) is 59.7 Å². The van der Waals surface area contributed by atoms with Gasteiger partial charge in [-0.15, -0.1) is 0 Å². The summed E-state index contributed by atoms with van der Waals surface area (Å²) in [5.74, 6) is 0.0287. The number of benzene rings is 2. The summed E-state index contributed by atoms with van der Waals surface area (Å²) in [5, 5.41) is 18.8. The number of piperidine rings is 1. The molecule has 0 bridgehead atoms. The lowest BCUT2D eigenvalue weighted by molar-refractivity contribution is 0.0661. The Morgan fingerprint density at radius 1 is 1.08 bits per heavy atom. The Hall–Kier alpha value is -2.64. The normalized spacial score (nSPS) is 17.4. The average molecular weight is 348 g/mol. The number of hydrogen-bond acceptors (Lipinski definition) is 3. The molecule has 1 atom stereocenters. The van der Waals surface area contributed by atoms with Crippen LogP contribution in [0.1, 0.15) is 48.7 Å². The fraction of sp³-hybridized carbons (Fsp3) is 0.364. The maximum absolute atomic E-state index is 12.7. The maximum Gasteiger partial charge on any atom is 0.253 e. The molecule has 1 heterocycles. The van der Waals surface area contributed by atoms with Gasteiger partial charge in [-0.1, -0.05) is 36.4 Å². The van der Waals surface area contributed by atoms with Crippen LogP contribution in [0.2, 0.25) is 0 Å². The zero-order chi connectivity index (χ0) is 18.7. The quantitative estimate of drug-likeness (QED) is 0.905. The van der Waals surface area contributed by atoms with Gasteiger partial charge >= 0.3 is 0 Å². The van der Waals surface area contributed by atoms with E-state index in [-0.39, 0.29) is 11.3 Å². The zero-order valence-corrected chi connectivity index (χ0v) is 15.3. The first-order valence-corrected chi connectivity index (χ1v) is 9.01. The monoisotopic (exact) mass is 348 g/mol. The fourth-order valence-electron chi connectivity index (χ4n) is 3.26. The third-order valence-corrected chi connectivity index (χ3v) is 5.28. The van der Waals surface area contributed by atoms with Crippen LogP contribution >= 0.6 is 0 Å². The summed E-state index contributed by atoms with van der Waals surface area (Å²) in [6.45, 7) is 4.97. The minimum atomic E-state index is -0.475. The first kappa shape index (κ1) is 18.2. The van der Waals surface area contributed by atoms with Gasteiger partial charge in [-0.2, -0.15) is 5.26 Å². The standard InChI is InChI=1S/C22H24N2O2/c1-16(25)17-3-5-18(6-4-17)19-7-9-20(10-8-19)21(26)24-13-11-22(2,15-23)12-14-24/h3-10,16,25H,11-14H2,1-2H3/t16-/m0/s1. The van der Waals surface area contributed by atoms with Gasteiger partial charge in [-0.25, -0.2) is 0 Å². The van der Waals surface area contributed by atoms with Crippen LogP contribution in [0, 0.1) is 16.7 Å². The first-order valence-electron chi connectivity index (χ1n) is 9.01. The van der Waals surface area contributed by atoms with Crippen LogP contribution in [0.4, 0.5) is 0 Å². The topological polar surface area (TPSA) is 64.3 Å². The Morgan fingerprint density at radius 2 is 1.58 bits per heavy atom.